The molecule has 0 fully saturated rings. The Bertz CT molecular complexity index is 1060. The number of carbonyl (C=O) groups excluding carboxylic acids is 2. The van der Waals surface area contributed by atoms with Crippen molar-refractivity contribution in [3.63, 3.8) is 0 Å². The van der Waals surface area contributed by atoms with Crippen LogP contribution in [0.25, 0.3) is 21.8 Å². The number of benzene rings is 2. The van der Waals surface area contributed by atoms with E-state index in [9.17, 15) is 9.59 Å². The summed E-state index contributed by atoms with van der Waals surface area (Å²) in [7, 11) is 0. The zero-order valence-electron chi connectivity index (χ0n) is 19.3. The molecule has 0 saturated carbocycles. The highest BCUT2D eigenvalue weighted by Gasteiger charge is 2.24. The second kappa shape index (κ2) is 11.3. The molecule has 1 unspecified atom stereocenters. The van der Waals surface area contributed by atoms with E-state index in [2.05, 4.69) is 10.6 Å². The number of rotatable bonds is 8. The summed E-state index contributed by atoms with van der Waals surface area (Å²) in [5.41, 5.74) is 2.98. The summed E-state index contributed by atoms with van der Waals surface area (Å²) in [6.45, 7) is 5.36. The summed E-state index contributed by atoms with van der Waals surface area (Å²) in [5.74, 6) is 0.461. The lowest BCUT2D eigenvalue weighted by molar-refractivity contribution is -0.118. The fourth-order valence-corrected chi connectivity index (χ4v) is 4.33. The van der Waals surface area contributed by atoms with Gasteiger partial charge in [0.1, 0.15) is 16.7 Å². The molecule has 6 nitrogen and oxygen atoms in total. The third kappa shape index (κ3) is 7.61. The summed E-state index contributed by atoms with van der Waals surface area (Å²) in [4.78, 5) is 29.7. The van der Waals surface area contributed by atoms with Crippen LogP contribution >= 0.6 is 23.1 Å². The Kier molecular flexibility index (Phi) is 8.52. The fourth-order valence-electron chi connectivity index (χ4n) is 3.03. The number of anilines is 1. The first-order chi connectivity index (χ1) is 15.7. The standard InChI is InChI=1S/C25H29N3O3S2/c1-25(2,3)31-24(30)28-20(14-15-32-4)22(29)26-19-12-10-17(11-13-19)21-16-33-23(27-21)18-8-6-5-7-9-18/h5-13,16,20H,14-15H2,1-4H3,(H,26,29)(H,28,30). The minimum atomic E-state index is -0.682. The molecule has 2 N–H and O–H groups in total. The van der Waals surface area contributed by atoms with Gasteiger partial charge in [-0.3, -0.25) is 4.79 Å². The highest BCUT2D eigenvalue weighted by molar-refractivity contribution is 7.98. The lowest BCUT2D eigenvalue weighted by atomic mass is 10.1. The van der Waals surface area contributed by atoms with Crippen LogP contribution < -0.4 is 10.6 Å². The number of ether oxygens (including phenoxy) is 1. The summed E-state index contributed by atoms with van der Waals surface area (Å²) in [6.07, 6.45) is 1.87. The molecule has 0 spiro atoms. The number of thiazole rings is 1. The Morgan fingerprint density at radius 3 is 2.39 bits per heavy atom. The van der Waals surface area contributed by atoms with Gasteiger partial charge in [0.2, 0.25) is 5.91 Å². The van der Waals surface area contributed by atoms with Crippen molar-refractivity contribution in [2.75, 3.05) is 17.3 Å². The van der Waals surface area contributed by atoms with Gasteiger partial charge in [-0.25, -0.2) is 9.78 Å². The van der Waals surface area contributed by atoms with Crippen LogP contribution in [0.4, 0.5) is 10.5 Å². The zero-order chi connectivity index (χ0) is 23.8. The van der Waals surface area contributed by atoms with E-state index in [1.807, 2.05) is 66.2 Å². The van der Waals surface area contributed by atoms with Gasteiger partial charge in [0.25, 0.3) is 0 Å². The number of carbonyl (C=O) groups is 2. The van der Waals surface area contributed by atoms with Crippen LogP contribution in [-0.4, -0.2) is 40.6 Å². The lowest BCUT2D eigenvalue weighted by Gasteiger charge is -2.23. The minimum absolute atomic E-state index is 0.275. The number of nitrogens with zero attached hydrogens (tertiary/aromatic N) is 1. The van der Waals surface area contributed by atoms with Gasteiger partial charge in [0.05, 0.1) is 5.69 Å². The molecule has 0 aliphatic rings. The summed E-state index contributed by atoms with van der Waals surface area (Å²) in [5, 5.41) is 8.57. The number of aromatic nitrogens is 1. The maximum atomic E-state index is 12.8. The van der Waals surface area contributed by atoms with Crippen LogP contribution in [0.5, 0.6) is 0 Å². The molecular weight excluding hydrogens is 454 g/mol. The fraction of sp³-hybridized carbons (Fsp3) is 0.320. The van der Waals surface area contributed by atoms with Crippen molar-refractivity contribution < 1.29 is 14.3 Å². The highest BCUT2D eigenvalue weighted by atomic mass is 32.2. The van der Waals surface area contributed by atoms with Gasteiger partial charge in [-0.05, 0) is 51.3 Å². The first-order valence-electron chi connectivity index (χ1n) is 10.7. The SMILES string of the molecule is CSCCC(NC(=O)OC(C)(C)C)C(=O)Nc1ccc(-c2csc(-c3ccccc3)n2)cc1. The predicted octanol–water partition coefficient (Wildman–Crippen LogP) is 6.06. The molecule has 0 aliphatic heterocycles. The molecular formula is C25H29N3O3S2. The number of amides is 2. The molecule has 0 radical (unpaired) electrons. The Morgan fingerprint density at radius 2 is 1.76 bits per heavy atom. The van der Waals surface area contributed by atoms with Crippen LogP contribution in [0, 0.1) is 0 Å². The van der Waals surface area contributed by atoms with Crippen LogP contribution in [0.2, 0.25) is 0 Å². The number of alkyl carbamates (subject to hydrolysis) is 1. The molecule has 3 aromatic rings. The summed E-state index contributed by atoms with van der Waals surface area (Å²) >= 11 is 3.21. The Hall–Kier alpha value is -2.84. The second-order valence-corrected chi connectivity index (χ2v) is 10.3. The van der Waals surface area contributed by atoms with Crippen molar-refractivity contribution in [1.82, 2.24) is 10.3 Å². The summed E-state index contributed by atoms with van der Waals surface area (Å²) < 4.78 is 5.30. The topological polar surface area (TPSA) is 80.3 Å². The molecule has 174 valence electrons. The van der Waals surface area contributed by atoms with E-state index in [-0.39, 0.29) is 5.91 Å². The first-order valence-corrected chi connectivity index (χ1v) is 12.9. The van der Waals surface area contributed by atoms with Gasteiger partial charge in [0, 0.05) is 22.2 Å². The molecule has 1 heterocycles. The van der Waals surface area contributed by atoms with Crippen molar-refractivity contribution in [3.8, 4) is 21.8 Å². The van der Waals surface area contributed by atoms with Crippen LogP contribution in [0.1, 0.15) is 27.2 Å². The van der Waals surface area contributed by atoms with E-state index in [0.29, 0.717) is 12.1 Å². The summed E-state index contributed by atoms with van der Waals surface area (Å²) in [6, 6.07) is 16.9. The van der Waals surface area contributed by atoms with Crippen LogP contribution in [0.15, 0.2) is 60.0 Å². The number of nitrogens with one attached hydrogen (secondary N) is 2. The molecule has 1 aromatic heterocycles. The Morgan fingerprint density at radius 1 is 1.06 bits per heavy atom. The molecule has 0 saturated heterocycles. The van der Waals surface area contributed by atoms with E-state index >= 15 is 0 Å². The molecule has 2 aromatic carbocycles. The zero-order valence-corrected chi connectivity index (χ0v) is 20.9. The van der Waals surface area contributed by atoms with Gasteiger partial charge in [-0.2, -0.15) is 11.8 Å². The van der Waals surface area contributed by atoms with Crippen molar-refractivity contribution in [2.24, 2.45) is 0 Å². The lowest BCUT2D eigenvalue weighted by Crippen LogP contribution is -2.46. The molecule has 33 heavy (non-hydrogen) atoms. The van der Waals surface area contributed by atoms with Gasteiger partial charge in [0.15, 0.2) is 0 Å². The Balaban J connectivity index is 1.65. The van der Waals surface area contributed by atoms with Gasteiger partial charge >= 0.3 is 6.09 Å². The minimum Gasteiger partial charge on any atom is -0.444 e. The normalized spacial score (nSPS) is 12.1. The third-order valence-corrected chi connectivity index (χ3v) is 6.13. The molecule has 3 rings (SSSR count). The van der Waals surface area contributed by atoms with Gasteiger partial charge < -0.3 is 15.4 Å². The maximum Gasteiger partial charge on any atom is 0.408 e. The maximum absolute atomic E-state index is 12.8. The average Bonchev–Trinajstić information content (AvgIpc) is 3.27. The number of hydrogen-bond donors (Lipinski definition) is 2. The van der Waals surface area contributed by atoms with Crippen molar-refractivity contribution >= 4 is 40.8 Å². The number of hydrogen-bond acceptors (Lipinski definition) is 6. The van der Waals surface area contributed by atoms with E-state index < -0.39 is 17.7 Å². The third-order valence-electron chi connectivity index (χ3n) is 4.59. The van der Waals surface area contributed by atoms with Crippen LogP contribution in [-0.2, 0) is 9.53 Å². The first kappa shape index (κ1) is 24.8. The largest absolute Gasteiger partial charge is 0.444 e. The molecule has 1 atom stereocenters. The van der Waals surface area contributed by atoms with Gasteiger partial charge in [-0.1, -0.05) is 42.5 Å². The predicted molar refractivity (Wildman–Crippen MR) is 138 cm³/mol. The second-order valence-electron chi connectivity index (χ2n) is 8.45. The average molecular weight is 484 g/mol. The molecule has 0 bridgehead atoms. The van der Waals surface area contributed by atoms with E-state index in [1.165, 1.54) is 0 Å². The van der Waals surface area contributed by atoms with Gasteiger partial charge in [-0.15, -0.1) is 11.3 Å². The Labute approximate surface area is 203 Å². The monoisotopic (exact) mass is 483 g/mol. The molecule has 8 heteroatoms. The van der Waals surface area contributed by atoms with E-state index in [1.54, 1.807) is 43.9 Å². The molecule has 0 aliphatic carbocycles. The molecule has 2 amide bonds. The van der Waals surface area contributed by atoms with E-state index in [0.717, 1.165) is 27.6 Å². The smallest absolute Gasteiger partial charge is 0.408 e. The van der Waals surface area contributed by atoms with Crippen molar-refractivity contribution in [3.05, 3.63) is 60.0 Å². The van der Waals surface area contributed by atoms with Crippen LogP contribution in [0.3, 0.4) is 0 Å². The highest BCUT2D eigenvalue weighted by Crippen LogP contribution is 2.29. The number of thioether (sulfide) groups is 1. The van der Waals surface area contributed by atoms with Crippen molar-refractivity contribution in [2.45, 2.75) is 38.8 Å². The van der Waals surface area contributed by atoms with Crippen molar-refractivity contribution in [1.29, 1.82) is 0 Å². The van der Waals surface area contributed by atoms with E-state index in [4.69, 9.17) is 9.72 Å². The quantitative estimate of drug-likeness (QED) is 0.407.